The van der Waals surface area contributed by atoms with Gasteiger partial charge in [-0.15, -0.1) is 0 Å². The number of benzene rings is 2. The molecule has 1 N–H and O–H groups in total. The van der Waals surface area contributed by atoms with E-state index in [4.69, 9.17) is 4.74 Å². The zero-order chi connectivity index (χ0) is 15.9. The fourth-order valence-corrected chi connectivity index (χ4v) is 3.07. The highest BCUT2D eigenvalue weighted by Gasteiger charge is 2.09. The minimum absolute atomic E-state index is 0.175. The number of methoxy groups -OCH3 is 1. The standard InChI is InChI=1S/C18H20O3S/c1-14-7-11-17(12-8-14)22(20)13-16(19)10-9-15-5-3-4-6-18(15)21-2/h3-12,16,19H,13H2,1-2H3/b10-9+. The average Bonchev–Trinajstić information content (AvgIpc) is 2.53. The van der Waals surface area contributed by atoms with E-state index in [0.717, 1.165) is 21.8 Å². The Hall–Kier alpha value is -1.91. The average molecular weight is 316 g/mol. The number of hydrogen-bond donors (Lipinski definition) is 1. The number of aliphatic hydroxyl groups excluding tert-OH is 1. The minimum Gasteiger partial charge on any atom is -0.496 e. The molecule has 0 heterocycles. The van der Waals surface area contributed by atoms with E-state index in [1.807, 2.05) is 55.5 Å². The Bertz CT molecular complexity index is 662. The smallest absolute Gasteiger partial charge is 0.126 e. The van der Waals surface area contributed by atoms with Crippen LogP contribution in [0.25, 0.3) is 6.08 Å². The Morgan fingerprint density at radius 3 is 2.55 bits per heavy atom. The van der Waals surface area contributed by atoms with Crippen LogP contribution in [0, 0.1) is 6.92 Å². The second-order valence-corrected chi connectivity index (χ2v) is 6.49. The summed E-state index contributed by atoms with van der Waals surface area (Å²) in [5.74, 6) is 0.917. The van der Waals surface area contributed by atoms with E-state index in [9.17, 15) is 9.32 Å². The predicted molar refractivity (Wildman–Crippen MR) is 90.5 cm³/mol. The monoisotopic (exact) mass is 316 g/mol. The Morgan fingerprint density at radius 1 is 1.18 bits per heavy atom. The number of rotatable bonds is 6. The maximum absolute atomic E-state index is 12.2. The van der Waals surface area contributed by atoms with Crippen LogP contribution in [0.1, 0.15) is 11.1 Å². The maximum Gasteiger partial charge on any atom is 0.126 e. The zero-order valence-electron chi connectivity index (χ0n) is 12.7. The summed E-state index contributed by atoms with van der Waals surface area (Å²) in [6.45, 7) is 1.98. The number of para-hydroxylation sites is 1. The first-order chi connectivity index (χ1) is 10.6. The van der Waals surface area contributed by atoms with Crippen LogP contribution in [0.3, 0.4) is 0 Å². The van der Waals surface area contributed by atoms with Gasteiger partial charge in [0, 0.05) is 10.5 Å². The largest absolute Gasteiger partial charge is 0.496 e. The van der Waals surface area contributed by atoms with Crippen molar-refractivity contribution in [2.45, 2.75) is 17.9 Å². The molecular weight excluding hydrogens is 296 g/mol. The quantitative estimate of drug-likeness (QED) is 0.890. The van der Waals surface area contributed by atoms with E-state index in [-0.39, 0.29) is 5.75 Å². The van der Waals surface area contributed by atoms with E-state index in [1.54, 1.807) is 19.3 Å². The number of ether oxygens (including phenoxy) is 1. The summed E-state index contributed by atoms with van der Waals surface area (Å²) in [4.78, 5) is 0.732. The van der Waals surface area contributed by atoms with Crippen LogP contribution in [0.15, 0.2) is 59.5 Å². The highest BCUT2D eigenvalue weighted by atomic mass is 32.2. The molecule has 3 nitrogen and oxygen atoms in total. The Morgan fingerprint density at radius 2 is 1.86 bits per heavy atom. The Balaban J connectivity index is 2.00. The molecule has 2 unspecified atom stereocenters. The third-order valence-corrected chi connectivity index (χ3v) is 4.69. The molecule has 4 heteroatoms. The molecule has 0 spiro atoms. The molecule has 22 heavy (non-hydrogen) atoms. The van der Waals surface area contributed by atoms with Gasteiger partial charge in [-0.25, -0.2) is 0 Å². The minimum atomic E-state index is -1.22. The fraction of sp³-hybridized carbons (Fsp3) is 0.222. The van der Waals surface area contributed by atoms with Crippen LogP contribution in [0.2, 0.25) is 0 Å². The van der Waals surface area contributed by atoms with Gasteiger partial charge in [0.05, 0.1) is 29.8 Å². The van der Waals surface area contributed by atoms with Crippen LogP contribution in [-0.2, 0) is 10.8 Å². The molecule has 0 amide bonds. The molecule has 0 saturated heterocycles. The van der Waals surface area contributed by atoms with Crippen molar-refractivity contribution >= 4 is 16.9 Å². The van der Waals surface area contributed by atoms with Crippen LogP contribution in [0.4, 0.5) is 0 Å². The number of aliphatic hydroxyl groups is 1. The lowest BCUT2D eigenvalue weighted by molar-refractivity contribution is 0.248. The van der Waals surface area contributed by atoms with Crippen LogP contribution in [0.5, 0.6) is 5.75 Å². The molecule has 0 aromatic heterocycles. The third kappa shape index (κ3) is 4.55. The van der Waals surface area contributed by atoms with Gasteiger partial charge in [-0.2, -0.15) is 0 Å². The fourth-order valence-electron chi connectivity index (χ4n) is 2.02. The van der Waals surface area contributed by atoms with Gasteiger partial charge in [0.15, 0.2) is 0 Å². The summed E-state index contributed by atoms with van der Waals surface area (Å²) in [5, 5.41) is 10.0. The predicted octanol–water partition coefficient (Wildman–Crippen LogP) is 3.19. The van der Waals surface area contributed by atoms with Crippen molar-refractivity contribution < 1.29 is 14.1 Å². The Kier molecular flexibility index (Phi) is 5.92. The normalized spacial score (nSPS) is 14.0. The number of hydrogen-bond acceptors (Lipinski definition) is 3. The molecule has 0 fully saturated rings. The lowest BCUT2D eigenvalue weighted by Gasteiger charge is -2.07. The highest BCUT2D eigenvalue weighted by molar-refractivity contribution is 7.85. The zero-order valence-corrected chi connectivity index (χ0v) is 13.5. The molecule has 2 rings (SSSR count). The van der Waals surface area contributed by atoms with Gasteiger partial charge in [0.1, 0.15) is 5.75 Å². The van der Waals surface area contributed by atoms with Crippen molar-refractivity contribution in [1.29, 1.82) is 0 Å². The first-order valence-electron chi connectivity index (χ1n) is 7.04. The highest BCUT2D eigenvalue weighted by Crippen LogP contribution is 2.19. The van der Waals surface area contributed by atoms with E-state index < -0.39 is 16.9 Å². The third-order valence-electron chi connectivity index (χ3n) is 3.24. The van der Waals surface area contributed by atoms with Gasteiger partial charge in [-0.05, 0) is 25.1 Å². The molecule has 0 aliphatic rings. The summed E-state index contributed by atoms with van der Waals surface area (Å²) < 4.78 is 17.4. The molecule has 2 aromatic carbocycles. The van der Waals surface area contributed by atoms with Crippen molar-refractivity contribution in [2.75, 3.05) is 12.9 Å². The molecule has 2 atom stereocenters. The van der Waals surface area contributed by atoms with Gasteiger partial charge >= 0.3 is 0 Å². The van der Waals surface area contributed by atoms with Gasteiger partial charge < -0.3 is 9.84 Å². The summed E-state index contributed by atoms with van der Waals surface area (Å²) >= 11 is 0. The van der Waals surface area contributed by atoms with E-state index in [0.29, 0.717) is 0 Å². The van der Waals surface area contributed by atoms with E-state index >= 15 is 0 Å². The molecule has 0 saturated carbocycles. The van der Waals surface area contributed by atoms with Crippen molar-refractivity contribution in [3.63, 3.8) is 0 Å². The molecular formula is C18H20O3S. The number of aryl methyl sites for hydroxylation is 1. The molecule has 0 radical (unpaired) electrons. The second-order valence-electron chi connectivity index (χ2n) is 4.99. The first-order valence-corrected chi connectivity index (χ1v) is 8.36. The van der Waals surface area contributed by atoms with E-state index in [1.165, 1.54) is 0 Å². The molecule has 0 aliphatic carbocycles. The topological polar surface area (TPSA) is 46.5 Å². The van der Waals surface area contributed by atoms with Crippen molar-refractivity contribution in [2.24, 2.45) is 0 Å². The molecule has 0 aliphatic heterocycles. The summed E-state index contributed by atoms with van der Waals surface area (Å²) in [6.07, 6.45) is 2.66. The molecule has 2 aromatic rings. The van der Waals surface area contributed by atoms with Gasteiger partial charge in [-0.3, -0.25) is 4.21 Å². The molecule has 0 bridgehead atoms. The van der Waals surface area contributed by atoms with Gasteiger partial charge in [-0.1, -0.05) is 48.0 Å². The second kappa shape index (κ2) is 7.92. The van der Waals surface area contributed by atoms with E-state index in [2.05, 4.69) is 0 Å². The summed E-state index contributed by atoms with van der Waals surface area (Å²) in [7, 11) is 0.387. The Labute approximate surface area is 133 Å². The molecule has 116 valence electrons. The van der Waals surface area contributed by atoms with Crippen LogP contribution < -0.4 is 4.74 Å². The lowest BCUT2D eigenvalue weighted by atomic mass is 10.1. The van der Waals surface area contributed by atoms with Gasteiger partial charge in [0.2, 0.25) is 0 Å². The van der Waals surface area contributed by atoms with Crippen molar-refractivity contribution in [3.05, 3.63) is 65.7 Å². The first kappa shape index (κ1) is 16.5. The van der Waals surface area contributed by atoms with Gasteiger partial charge in [0.25, 0.3) is 0 Å². The van der Waals surface area contributed by atoms with Crippen LogP contribution >= 0.6 is 0 Å². The van der Waals surface area contributed by atoms with Crippen molar-refractivity contribution in [1.82, 2.24) is 0 Å². The summed E-state index contributed by atoms with van der Waals surface area (Å²) in [5.41, 5.74) is 2.00. The summed E-state index contributed by atoms with van der Waals surface area (Å²) in [6, 6.07) is 15.1. The lowest BCUT2D eigenvalue weighted by Crippen LogP contribution is -2.14. The maximum atomic E-state index is 12.2. The SMILES string of the molecule is COc1ccccc1/C=C/C(O)CS(=O)c1ccc(C)cc1. The van der Waals surface area contributed by atoms with Crippen molar-refractivity contribution in [3.8, 4) is 5.75 Å². The van der Waals surface area contributed by atoms with Crippen LogP contribution in [-0.4, -0.2) is 28.3 Å².